The Hall–Kier alpha value is -2.96. The summed E-state index contributed by atoms with van der Waals surface area (Å²) in [6.45, 7) is 0.186. The zero-order chi connectivity index (χ0) is 18.7. The maximum absolute atomic E-state index is 10.4. The smallest absolute Gasteiger partial charge is 0.176 e. The van der Waals surface area contributed by atoms with Crippen LogP contribution in [0.25, 0.3) is 28.4 Å². The van der Waals surface area contributed by atoms with Crippen LogP contribution in [-0.2, 0) is 11.3 Å². The van der Waals surface area contributed by atoms with Crippen LogP contribution in [0.4, 0.5) is 0 Å². The minimum Gasteiger partial charge on any atom is -0.504 e. The number of furan rings is 1. The van der Waals surface area contributed by atoms with Gasteiger partial charge >= 0.3 is 0 Å². The van der Waals surface area contributed by atoms with Crippen molar-refractivity contribution in [2.45, 2.75) is 6.61 Å². The van der Waals surface area contributed by atoms with E-state index in [1.165, 1.54) is 13.2 Å². The highest BCUT2D eigenvalue weighted by Crippen LogP contribution is 2.41. The molecule has 0 unspecified atom stereocenters. The lowest BCUT2D eigenvalue weighted by Gasteiger charge is -2.06. The molecule has 0 aliphatic rings. The summed E-state index contributed by atoms with van der Waals surface area (Å²) in [6, 6.07) is 8.32. The van der Waals surface area contributed by atoms with Crippen molar-refractivity contribution in [1.29, 1.82) is 0 Å². The quantitative estimate of drug-likeness (QED) is 0.624. The first-order chi connectivity index (χ1) is 12.6. The van der Waals surface area contributed by atoms with Crippen LogP contribution in [-0.4, -0.2) is 36.1 Å². The van der Waals surface area contributed by atoms with Gasteiger partial charge in [-0.1, -0.05) is 12.2 Å². The van der Waals surface area contributed by atoms with E-state index in [0.29, 0.717) is 28.0 Å². The number of phenolic OH excluding ortho intramolecular Hbond substituents is 2. The van der Waals surface area contributed by atoms with Gasteiger partial charge in [-0.3, -0.25) is 0 Å². The van der Waals surface area contributed by atoms with Gasteiger partial charge in [-0.25, -0.2) is 0 Å². The molecule has 0 amide bonds. The lowest BCUT2D eigenvalue weighted by atomic mass is 10.0. The number of aliphatic hydroxyl groups excluding tert-OH is 1. The van der Waals surface area contributed by atoms with Crippen molar-refractivity contribution in [3.05, 3.63) is 47.5 Å². The second kappa shape index (κ2) is 7.51. The van der Waals surface area contributed by atoms with E-state index < -0.39 is 0 Å². The number of phenols is 2. The van der Waals surface area contributed by atoms with E-state index in [4.69, 9.17) is 19.0 Å². The SMILES string of the molecule is COCc1c(-c2ccc(O)c(OC)c2)oc2c(O)cc(/C=C/CO)cc12. The number of ether oxygens (including phenoxy) is 2. The number of aliphatic hydroxyl groups is 1. The third kappa shape index (κ3) is 3.24. The summed E-state index contributed by atoms with van der Waals surface area (Å²) in [5, 5.41) is 29.8. The Balaban J connectivity index is 2.23. The summed E-state index contributed by atoms with van der Waals surface area (Å²) in [7, 11) is 3.05. The third-order valence-corrected chi connectivity index (χ3v) is 4.04. The Morgan fingerprint density at radius 1 is 1.08 bits per heavy atom. The maximum Gasteiger partial charge on any atom is 0.176 e. The van der Waals surface area contributed by atoms with Crippen molar-refractivity contribution >= 4 is 17.0 Å². The molecule has 0 saturated heterocycles. The predicted octanol–water partition coefficient (Wildman–Crippen LogP) is 3.67. The van der Waals surface area contributed by atoms with E-state index in [1.807, 2.05) is 6.07 Å². The fourth-order valence-corrected chi connectivity index (χ4v) is 2.88. The van der Waals surface area contributed by atoms with Gasteiger partial charge in [0.05, 0.1) is 20.3 Å². The van der Waals surface area contributed by atoms with E-state index in [0.717, 1.165) is 11.1 Å². The molecular weight excluding hydrogens is 336 g/mol. The Morgan fingerprint density at radius 3 is 2.58 bits per heavy atom. The highest BCUT2D eigenvalue weighted by molar-refractivity contribution is 5.93. The molecule has 3 aromatic rings. The van der Waals surface area contributed by atoms with Crippen LogP contribution in [0.5, 0.6) is 17.2 Å². The van der Waals surface area contributed by atoms with Gasteiger partial charge in [0.15, 0.2) is 22.8 Å². The topological polar surface area (TPSA) is 92.3 Å². The first-order valence-corrected chi connectivity index (χ1v) is 8.01. The van der Waals surface area contributed by atoms with Crippen molar-refractivity contribution in [3.8, 4) is 28.6 Å². The Labute approximate surface area is 150 Å². The van der Waals surface area contributed by atoms with Crippen molar-refractivity contribution < 1.29 is 29.2 Å². The fourth-order valence-electron chi connectivity index (χ4n) is 2.88. The van der Waals surface area contributed by atoms with E-state index in [1.54, 1.807) is 37.5 Å². The highest BCUT2D eigenvalue weighted by Gasteiger charge is 2.20. The molecule has 0 aliphatic carbocycles. The van der Waals surface area contributed by atoms with Crippen LogP contribution >= 0.6 is 0 Å². The van der Waals surface area contributed by atoms with Crippen LogP contribution in [0.3, 0.4) is 0 Å². The number of rotatable bonds is 6. The van der Waals surface area contributed by atoms with E-state index in [9.17, 15) is 10.2 Å². The first kappa shape index (κ1) is 17.8. The standard InChI is InChI=1S/C20H20O6/c1-24-11-15-14-8-12(4-3-7-21)9-17(23)20(14)26-19(15)13-5-6-16(22)18(10-13)25-2/h3-6,8-10,21-23H,7,11H2,1-2H3/b4-3+. The van der Waals surface area contributed by atoms with Gasteiger partial charge in [-0.2, -0.15) is 0 Å². The van der Waals surface area contributed by atoms with Gasteiger partial charge in [0, 0.05) is 23.6 Å². The van der Waals surface area contributed by atoms with Gasteiger partial charge in [0.25, 0.3) is 0 Å². The first-order valence-electron chi connectivity index (χ1n) is 8.01. The van der Waals surface area contributed by atoms with Crippen LogP contribution in [0.2, 0.25) is 0 Å². The zero-order valence-corrected chi connectivity index (χ0v) is 14.5. The molecule has 2 aromatic carbocycles. The summed E-state index contributed by atoms with van der Waals surface area (Å²) in [5.74, 6) is 0.871. The number of fused-ring (bicyclic) bond motifs is 1. The lowest BCUT2D eigenvalue weighted by Crippen LogP contribution is -1.90. The Kier molecular flexibility index (Phi) is 5.16. The molecule has 3 rings (SSSR count). The molecule has 0 radical (unpaired) electrons. The van der Waals surface area contributed by atoms with Gasteiger partial charge in [-0.15, -0.1) is 0 Å². The number of methoxy groups -OCH3 is 2. The monoisotopic (exact) mass is 356 g/mol. The zero-order valence-electron chi connectivity index (χ0n) is 14.5. The largest absolute Gasteiger partial charge is 0.504 e. The maximum atomic E-state index is 10.4. The molecule has 6 heteroatoms. The lowest BCUT2D eigenvalue weighted by molar-refractivity contribution is 0.185. The summed E-state index contributed by atoms with van der Waals surface area (Å²) in [5.41, 5.74) is 2.54. The normalized spacial score (nSPS) is 11.5. The molecule has 0 atom stereocenters. The van der Waals surface area contributed by atoms with Crippen molar-refractivity contribution in [2.24, 2.45) is 0 Å². The molecule has 26 heavy (non-hydrogen) atoms. The fraction of sp³-hybridized carbons (Fsp3) is 0.200. The molecule has 1 heterocycles. The van der Waals surface area contributed by atoms with Crippen molar-refractivity contribution in [3.63, 3.8) is 0 Å². The molecule has 0 bridgehead atoms. The highest BCUT2D eigenvalue weighted by atomic mass is 16.5. The van der Waals surface area contributed by atoms with Gasteiger partial charge in [0.1, 0.15) is 5.76 Å². The molecule has 0 spiro atoms. The summed E-state index contributed by atoms with van der Waals surface area (Å²) >= 11 is 0. The van der Waals surface area contributed by atoms with Crippen LogP contribution in [0.1, 0.15) is 11.1 Å². The minimum absolute atomic E-state index is 0.00515. The average molecular weight is 356 g/mol. The molecule has 1 aromatic heterocycles. The van der Waals surface area contributed by atoms with Gasteiger partial charge < -0.3 is 29.2 Å². The van der Waals surface area contributed by atoms with Crippen LogP contribution in [0.15, 0.2) is 40.8 Å². The molecule has 6 nitrogen and oxygen atoms in total. The van der Waals surface area contributed by atoms with E-state index in [2.05, 4.69) is 0 Å². The van der Waals surface area contributed by atoms with Crippen LogP contribution in [0, 0.1) is 0 Å². The molecular formula is C20H20O6. The predicted molar refractivity (Wildman–Crippen MR) is 98.4 cm³/mol. The Bertz CT molecular complexity index is 955. The van der Waals surface area contributed by atoms with Gasteiger partial charge in [0.2, 0.25) is 0 Å². The summed E-state index contributed by atoms with van der Waals surface area (Å²) in [4.78, 5) is 0. The molecule has 3 N–H and O–H groups in total. The second-order valence-corrected chi connectivity index (χ2v) is 5.73. The third-order valence-electron chi connectivity index (χ3n) is 4.04. The van der Waals surface area contributed by atoms with Crippen molar-refractivity contribution in [2.75, 3.05) is 20.8 Å². The average Bonchev–Trinajstić information content (AvgIpc) is 3.00. The summed E-state index contributed by atoms with van der Waals surface area (Å²) < 4.78 is 16.4. The number of hydrogen-bond acceptors (Lipinski definition) is 6. The molecule has 0 aliphatic heterocycles. The van der Waals surface area contributed by atoms with E-state index in [-0.39, 0.29) is 24.7 Å². The number of hydrogen-bond donors (Lipinski definition) is 3. The molecule has 136 valence electrons. The number of benzene rings is 2. The second-order valence-electron chi connectivity index (χ2n) is 5.73. The van der Waals surface area contributed by atoms with Crippen molar-refractivity contribution in [1.82, 2.24) is 0 Å². The Morgan fingerprint density at radius 2 is 1.88 bits per heavy atom. The summed E-state index contributed by atoms with van der Waals surface area (Å²) in [6.07, 6.45) is 3.30. The van der Waals surface area contributed by atoms with E-state index >= 15 is 0 Å². The number of aromatic hydroxyl groups is 2. The van der Waals surface area contributed by atoms with Gasteiger partial charge in [-0.05, 0) is 35.9 Å². The molecule has 0 fully saturated rings. The molecule has 0 saturated carbocycles. The van der Waals surface area contributed by atoms with Crippen LogP contribution < -0.4 is 4.74 Å². The minimum atomic E-state index is -0.0896.